The van der Waals surface area contributed by atoms with Gasteiger partial charge in [-0.1, -0.05) is 6.07 Å². The molecule has 24 heavy (non-hydrogen) atoms. The van der Waals surface area contributed by atoms with Crippen molar-refractivity contribution in [1.29, 1.82) is 0 Å². The zero-order valence-electron chi connectivity index (χ0n) is 14.7. The minimum atomic E-state index is 0.0262. The second-order valence-electron chi connectivity index (χ2n) is 6.01. The highest BCUT2D eigenvalue weighted by atomic mass is 127. The van der Waals surface area contributed by atoms with E-state index < -0.39 is 0 Å². The zero-order chi connectivity index (χ0) is 17.9. The molecular weight excluding hydrogens is 435 g/mol. The van der Waals surface area contributed by atoms with E-state index in [4.69, 9.17) is 4.74 Å². The smallest absolute Gasteiger partial charge is 0.266 e. The summed E-state index contributed by atoms with van der Waals surface area (Å²) >= 11 is 3.71. The van der Waals surface area contributed by atoms with E-state index >= 15 is 0 Å². The third-order valence-corrected chi connectivity index (χ3v) is 5.12. The second kappa shape index (κ2) is 8.38. The second-order valence-corrected chi connectivity index (χ2v) is 8.18. The Bertz CT molecular complexity index is 684. The lowest BCUT2D eigenvalue weighted by Gasteiger charge is -2.20. The van der Waals surface area contributed by atoms with E-state index in [1.165, 1.54) is 11.8 Å². The van der Waals surface area contributed by atoms with Crippen LogP contribution < -0.4 is 4.74 Å². The minimum Gasteiger partial charge on any atom is -0.493 e. The Kier molecular flexibility index (Phi) is 6.74. The van der Waals surface area contributed by atoms with Crippen LogP contribution in [0, 0.1) is 3.57 Å². The van der Waals surface area contributed by atoms with Crippen LogP contribution >= 0.6 is 34.4 Å². The molecule has 0 atom stereocenters. The van der Waals surface area contributed by atoms with E-state index in [9.17, 15) is 4.79 Å². The van der Waals surface area contributed by atoms with Gasteiger partial charge in [0.1, 0.15) is 5.75 Å². The highest BCUT2D eigenvalue weighted by molar-refractivity contribution is 14.1. The SMILES string of the molecule is CCOc1ccc(/C=C2/SC(=NC(C)C)N(C(C)C)C2=O)cc1I. The van der Waals surface area contributed by atoms with Crippen molar-refractivity contribution >= 4 is 51.5 Å². The van der Waals surface area contributed by atoms with Gasteiger partial charge in [0.2, 0.25) is 0 Å². The Morgan fingerprint density at radius 1 is 1.33 bits per heavy atom. The maximum absolute atomic E-state index is 12.7. The number of thioether (sulfide) groups is 1. The Morgan fingerprint density at radius 2 is 2.04 bits per heavy atom. The molecule has 0 radical (unpaired) electrons. The standard InChI is InChI=1S/C18H23IN2O2S/c1-6-23-15-8-7-13(9-14(15)19)10-16-17(22)21(12(4)5)18(24-16)20-11(2)3/h7-12H,6H2,1-5H3/b16-10+,20-18?. The van der Waals surface area contributed by atoms with Crippen LogP contribution in [0.2, 0.25) is 0 Å². The first kappa shape index (κ1) is 19.3. The number of amidine groups is 1. The third-order valence-electron chi connectivity index (χ3n) is 3.28. The van der Waals surface area contributed by atoms with E-state index in [0.29, 0.717) is 11.5 Å². The summed E-state index contributed by atoms with van der Waals surface area (Å²) in [6.07, 6.45) is 1.93. The number of halogens is 1. The number of amides is 1. The molecule has 1 heterocycles. The largest absolute Gasteiger partial charge is 0.493 e. The molecule has 1 aromatic carbocycles. The van der Waals surface area contributed by atoms with Gasteiger partial charge in [0.05, 0.1) is 15.1 Å². The molecule has 1 fully saturated rings. The van der Waals surface area contributed by atoms with Gasteiger partial charge in [-0.3, -0.25) is 14.7 Å². The quantitative estimate of drug-likeness (QED) is 0.471. The van der Waals surface area contributed by atoms with Gasteiger partial charge in [0.25, 0.3) is 5.91 Å². The van der Waals surface area contributed by atoms with Crippen LogP contribution in [0.25, 0.3) is 6.08 Å². The topological polar surface area (TPSA) is 41.9 Å². The zero-order valence-corrected chi connectivity index (χ0v) is 17.6. The molecule has 1 aromatic rings. The Balaban J connectivity index is 2.33. The number of carbonyl (C=O) groups is 1. The van der Waals surface area contributed by atoms with Gasteiger partial charge in [0.15, 0.2) is 5.17 Å². The molecule has 1 amide bonds. The van der Waals surface area contributed by atoms with E-state index in [1.54, 1.807) is 4.90 Å². The molecule has 0 bridgehead atoms. The van der Waals surface area contributed by atoms with Crippen LogP contribution in [0.3, 0.4) is 0 Å². The first-order valence-electron chi connectivity index (χ1n) is 8.06. The molecule has 1 aliphatic rings. The molecule has 0 aliphatic carbocycles. The monoisotopic (exact) mass is 458 g/mol. The molecule has 1 aliphatic heterocycles. The molecule has 1 saturated heterocycles. The van der Waals surface area contributed by atoms with Gasteiger partial charge in [-0.15, -0.1) is 0 Å². The van der Waals surface area contributed by atoms with Crippen molar-refractivity contribution in [3.63, 3.8) is 0 Å². The number of aliphatic imine (C=N–C) groups is 1. The summed E-state index contributed by atoms with van der Waals surface area (Å²) < 4.78 is 6.60. The third kappa shape index (κ3) is 4.53. The van der Waals surface area contributed by atoms with Crippen molar-refractivity contribution in [3.8, 4) is 5.75 Å². The summed E-state index contributed by atoms with van der Waals surface area (Å²) in [5.41, 5.74) is 0.994. The van der Waals surface area contributed by atoms with Gasteiger partial charge in [0, 0.05) is 12.1 Å². The molecular formula is C18H23IN2O2S. The number of carbonyl (C=O) groups excluding carboxylic acids is 1. The van der Waals surface area contributed by atoms with Gasteiger partial charge in [-0.25, -0.2) is 0 Å². The predicted molar refractivity (Wildman–Crippen MR) is 110 cm³/mol. The molecule has 4 nitrogen and oxygen atoms in total. The Labute approximate surface area is 161 Å². The molecule has 0 N–H and O–H groups in total. The summed E-state index contributed by atoms with van der Waals surface area (Å²) in [5, 5.41) is 0.789. The summed E-state index contributed by atoms with van der Waals surface area (Å²) in [4.78, 5) is 19.8. The van der Waals surface area contributed by atoms with Crippen LogP contribution in [0.15, 0.2) is 28.1 Å². The molecule has 6 heteroatoms. The minimum absolute atomic E-state index is 0.0262. The van der Waals surface area contributed by atoms with Crippen LogP contribution in [-0.4, -0.2) is 34.7 Å². The molecule has 2 rings (SSSR count). The van der Waals surface area contributed by atoms with Crippen LogP contribution in [0.5, 0.6) is 5.75 Å². The summed E-state index contributed by atoms with van der Waals surface area (Å²) in [6, 6.07) is 6.21. The summed E-state index contributed by atoms with van der Waals surface area (Å²) in [5.74, 6) is 0.898. The van der Waals surface area contributed by atoms with Crippen molar-refractivity contribution in [2.24, 2.45) is 4.99 Å². The molecule has 0 aromatic heterocycles. The summed E-state index contributed by atoms with van der Waals surface area (Å²) in [6.45, 7) is 10.7. The lowest BCUT2D eigenvalue weighted by atomic mass is 10.2. The molecule has 130 valence electrons. The van der Waals surface area contributed by atoms with E-state index in [1.807, 2.05) is 58.9 Å². The molecule has 0 saturated carbocycles. The first-order valence-corrected chi connectivity index (χ1v) is 9.96. The molecule has 0 unspecified atom stereocenters. The summed E-state index contributed by atoms with van der Waals surface area (Å²) in [7, 11) is 0. The fourth-order valence-electron chi connectivity index (χ4n) is 2.28. The van der Waals surface area contributed by atoms with Crippen molar-refractivity contribution in [3.05, 3.63) is 32.2 Å². The van der Waals surface area contributed by atoms with Crippen LogP contribution in [-0.2, 0) is 4.79 Å². The van der Waals surface area contributed by atoms with Crippen LogP contribution in [0.4, 0.5) is 0 Å². The van der Waals surface area contributed by atoms with Crippen molar-refractivity contribution in [1.82, 2.24) is 4.90 Å². The predicted octanol–water partition coefficient (Wildman–Crippen LogP) is 4.78. The van der Waals surface area contributed by atoms with E-state index in [2.05, 4.69) is 27.6 Å². The number of ether oxygens (including phenoxy) is 1. The van der Waals surface area contributed by atoms with Gasteiger partial charge in [-0.2, -0.15) is 0 Å². The number of nitrogens with zero attached hydrogens (tertiary/aromatic N) is 2. The van der Waals surface area contributed by atoms with Gasteiger partial charge < -0.3 is 4.74 Å². The highest BCUT2D eigenvalue weighted by Gasteiger charge is 2.35. The van der Waals surface area contributed by atoms with Gasteiger partial charge >= 0.3 is 0 Å². The van der Waals surface area contributed by atoms with Gasteiger partial charge in [-0.05, 0) is 92.7 Å². The van der Waals surface area contributed by atoms with Crippen molar-refractivity contribution < 1.29 is 9.53 Å². The Morgan fingerprint density at radius 3 is 2.58 bits per heavy atom. The highest BCUT2D eigenvalue weighted by Crippen LogP contribution is 2.35. The van der Waals surface area contributed by atoms with E-state index in [-0.39, 0.29) is 18.0 Å². The fourth-order valence-corrected chi connectivity index (χ4v) is 4.21. The average Bonchev–Trinajstić information content (AvgIpc) is 2.77. The van der Waals surface area contributed by atoms with Crippen molar-refractivity contribution in [2.75, 3.05) is 6.61 Å². The van der Waals surface area contributed by atoms with E-state index in [0.717, 1.165) is 20.1 Å². The average molecular weight is 458 g/mol. The number of rotatable bonds is 5. The lowest BCUT2D eigenvalue weighted by Crippen LogP contribution is -2.35. The lowest BCUT2D eigenvalue weighted by molar-refractivity contribution is -0.123. The fraction of sp³-hybridized carbons (Fsp3) is 0.444. The first-order chi connectivity index (χ1) is 11.3. The number of benzene rings is 1. The maximum atomic E-state index is 12.7. The van der Waals surface area contributed by atoms with Crippen LogP contribution in [0.1, 0.15) is 40.2 Å². The number of hydrogen-bond acceptors (Lipinski definition) is 4. The Hall–Kier alpha value is -1.02. The normalized spacial score (nSPS) is 18.5. The van der Waals surface area contributed by atoms with Crippen molar-refractivity contribution in [2.45, 2.75) is 46.7 Å². The number of hydrogen-bond donors (Lipinski definition) is 0. The molecule has 0 spiro atoms. The maximum Gasteiger partial charge on any atom is 0.266 e.